The molecule has 0 fully saturated rings. The van der Waals surface area contributed by atoms with E-state index in [-0.39, 0.29) is 5.91 Å². The van der Waals surface area contributed by atoms with Gasteiger partial charge in [0.1, 0.15) is 0 Å². The van der Waals surface area contributed by atoms with Crippen LogP contribution in [0.5, 0.6) is 0 Å². The molecule has 0 bridgehead atoms. The first-order valence-electron chi connectivity index (χ1n) is 5.91. The van der Waals surface area contributed by atoms with Crippen LogP contribution in [0.2, 0.25) is 5.02 Å². The fourth-order valence-corrected chi connectivity index (χ4v) is 2.07. The molecule has 2 aromatic rings. The first-order chi connectivity index (χ1) is 8.99. The molecular weight excluding hydrogens is 260 g/mol. The summed E-state index contributed by atoms with van der Waals surface area (Å²) >= 11 is 6.09. The summed E-state index contributed by atoms with van der Waals surface area (Å²) in [6.45, 7) is 3.81. The zero-order valence-electron chi connectivity index (χ0n) is 10.8. The average molecular weight is 275 g/mol. The van der Waals surface area contributed by atoms with Gasteiger partial charge >= 0.3 is 0 Å². The van der Waals surface area contributed by atoms with Gasteiger partial charge in [0, 0.05) is 5.69 Å². The van der Waals surface area contributed by atoms with Gasteiger partial charge in [0.2, 0.25) is 0 Å². The molecule has 0 atom stereocenters. The number of carbonyl (C=O) groups is 1. The van der Waals surface area contributed by atoms with Gasteiger partial charge in [-0.05, 0) is 43.2 Å². The molecule has 19 heavy (non-hydrogen) atoms. The molecule has 2 rings (SSSR count). The lowest BCUT2D eigenvalue weighted by molar-refractivity contribution is 0.102. The van der Waals surface area contributed by atoms with Gasteiger partial charge in [-0.3, -0.25) is 4.79 Å². The minimum absolute atomic E-state index is 0.257. The maximum absolute atomic E-state index is 12.2. The van der Waals surface area contributed by atoms with E-state index >= 15 is 0 Å². The van der Waals surface area contributed by atoms with Crippen molar-refractivity contribution in [3.63, 3.8) is 0 Å². The number of aryl methyl sites for hydroxylation is 2. The second kappa shape index (κ2) is 5.33. The molecule has 0 spiro atoms. The summed E-state index contributed by atoms with van der Waals surface area (Å²) in [7, 11) is 0. The maximum atomic E-state index is 12.2. The molecule has 0 saturated carbocycles. The number of anilines is 2. The Kier molecular flexibility index (Phi) is 3.76. The Labute approximate surface area is 117 Å². The van der Waals surface area contributed by atoms with Gasteiger partial charge in [0.15, 0.2) is 0 Å². The Morgan fingerprint density at radius 3 is 2.63 bits per heavy atom. The number of para-hydroxylation sites is 1. The molecule has 0 heterocycles. The molecule has 4 heteroatoms. The Morgan fingerprint density at radius 2 is 1.95 bits per heavy atom. The molecule has 0 aromatic heterocycles. The van der Waals surface area contributed by atoms with E-state index < -0.39 is 0 Å². The molecule has 1 amide bonds. The normalized spacial score (nSPS) is 10.3. The highest BCUT2D eigenvalue weighted by molar-refractivity contribution is 6.34. The number of nitrogens with one attached hydrogen (secondary N) is 1. The summed E-state index contributed by atoms with van der Waals surface area (Å²) in [5, 5.41) is 3.28. The van der Waals surface area contributed by atoms with Crippen molar-refractivity contribution >= 4 is 28.9 Å². The van der Waals surface area contributed by atoms with E-state index in [2.05, 4.69) is 5.32 Å². The van der Waals surface area contributed by atoms with Crippen LogP contribution >= 0.6 is 11.6 Å². The third kappa shape index (κ3) is 2.88. The minimum Gasteiger partial charge on any atom is -0.398 e. The third-order valence-electron chi connectivity index (χ3n) is 2.94. The van der Waals surface area contributed by atoms with E-state index in [1.165, 1.54) is 0 Å². The maximum Gasteiger partial charge on any atom is 0.257 e. The van der Waals surface area contributed by atoms with Gasteiger partial charge < -0.3 is 11.1 Å². The standard InChI is InChI=1S/C15H15ClN2O/c1-9-6-7-13(12(16)8-9)18-15(19)11-5-3-4-10(2)14(11)17/h3-8H,17H2,1-2H3,(H,18,19). The van der Waals surface area contributed by atoms with Crippen LogP contribution in [0.1, 0.15) is 21.5 Å². The van der Waals surface area contributed by atoms with Crippen LogP contribution in [0.4, 0.5) is 11.4 Å². The lowest BCUT2D eigenvalue weighted by Gasteiger charge is -2.10. The van der Waals surface area contributed by atoms with E-state index in [4.69, 9.17) is 17.3 Å². The van der Waals surface area contributed by atoms with Crippen LogP contribution in [-0.4, -0.2) is 5.91 Å². The van der Waals surface area contributed by atoms with Crippen LogP contribution in [0, 0.1) is 13.8 Å². The highest BCUT2D eigenvalue weighted by atomic mass is 35.5. The number of rotatable bonds is 2. The van der Waals surface area contributed by atoms with Crippen LogP contribution in [-0.2, 0) is 0 Å². The Hall–Kier alpha value is -2.00. The van der Waals surface area contributed by atoms with Crippen molar-refractivity contribution in [3.05, 3.63) is 58.1 Å². The summed E-state index contributed by atoms with van der Waals surface area (Å²) < 4.78 is 0. The summed E-state index contributed by atoms with van der Waals surface area (Å²) in [4.78, 5) is 12.2. The second-order valence-corrected chi connectivity index (χ2v) is 4.88. The molecule has 0 saturated heterocycles. The molecule has 0 aliphatic carbocycles. The van der Waals surface area contributed by atoms with Crippen LogP contribution in [0.25, 0.3) is 0 Å². The van der Waals surface area contributed by atoms with Crippen molar-refractivity contribution in [1.82, 2.24) is 0 Å². The summed E-state index contributed by atoms with van der Waals surface area (Å²) in [6.07, 6.45) is 0. The van der Waals surface area contributed by atoms with Crippen molar-refractivity contribution < 1.29 is 4.79 Å². The van der Waals surface area contributed by atoms with Crippen LogP contribution < -0.4 is 11.1 Å². The van der Waals surface area contributed by atoms with Gasteiger partial charge in [0.05, 0.1) is 16.3 Å². The van der Waals surface area contributed by atoms with E-state index in [1.54, 1.807) is 24.3 Å². The molecular formula is C15H15ClN2O. The predicted molar refractivity (Wildman–Crippen MR) is 79.7 cm³/mol. The second-order valence-electron chi connectivity index (χ2n) is 4.47. The van der Waals surface area contributed by atoms with Crippen molar-refractivity contribution in [1.29, 1.82) is 0 Å². The highest BCUT2D eigenvalue weighted by Crippen LogP contribution is 2.24. The quantitative estimate of drug-likeness (QED) is 0.819. The molecule has 0 unspecified atom stereocenters. The van der Waals surface area contributed by atoms with Gasteiger partial charge in [-0.2, -0.15) is 0 Å². The fraction of sp³-hybridized carbons (Fsp3) is 0.133. The van der Waals surface area contributed by atoms with Crippen molar-refractivity contribution in [2.45, 2.75) is 13.8 Å². The molecule has 0 aliphatic heterocycles. The number of carbonyl (C=O) groups excluding carboxylic acids is 1. The number of nitrogens with two attached hydrogens (primary N) is 1. The van der Waals surface area contributed by atoms with E-state index in [1.807, 2.05) is 26.0 Å². The number of nitrogen functional groups attached to an aromatic ring is 1. The van der Waals surface area contributed by atoms with Crippen molar-refractivity contribution in [2.24, 2.45) is 0 Å². The molecule has 2 aromatic carbocycles. The Morgan fingerprint density at radius 1 is 1.21 bits per heavy atom. The lowest BCUT2D eigenvalue weighted by Crippen LogP contribution is -2.14. The SMILES string of the molecule is Cc1ccc(NC(=O)c2cccc(C)c2N)c(Cl)c1. The van der Waals surface area contributed by atoms with E-state index in [9.17, 15) is 4.79 Å². The topological polar surface area (TPSA) is 55.1 Å². The molecule has 3 N–H and O–H groups in total. The number of amides is 1. The molecule has 3 nitrogen and oxygen atoms in total. The zero-order valence-corrected chi connectivity index (χ0v) is 11.6. The average Bonchev–Trinajstić information content (AvgIpc) is 2.36. The number of hydrogen-bond donors (Lipinski definition) is 2. The number of halogens is 1. The van der Waals surface area contributed by atoms with Gasteiger partial charge in [-0.1, -0.05) is 29.8 Å². The first kappa shape index (κ1) is 13.4. The van der Waals surface area contributed by atoms with Crippen LogP contribution in [0.3, 0.4) is 0 Å². The van der Waals surface area contributed by atoms with Gasteiger partial charge in [-0.25, -0.2) is 0 Å². The molecule has 0 radical (unpaired) electrons. The molecule has 0 aliphatic rings. The van der Waals surface area contributed by atoms with E-state index in [0.29, 0.717) is 22.0 Å². The minimum atomic E-state index is -0.257. The Bertz CT molecular complexity index is 638. The third-order valence-corrected chi connectivity index (χ3v) is 3.25. The molecule has 98 valence electrons. The number of hydrogen-bond acceptors (Lipinski definition) is 2. The Balaban J connectivity index is 2.28. The van der Waals surface area contributed by atoms with Gasteiger partial charge in [-0.15, -0.1) is 0 Å². The summed E-state index contributed by atoms with van der Waals surface area (Å²) in [6, 6.07) is 10.8. The lowest BCUT2D eigenvalue weighted by atomic mass is 10.1. The highest BCUT2D eigenvalue weighted by Gasteiger charge is 2.12. The summed E-state index contributed by atoms with van der Waals surface area (Å²) in [5.41, 5.74) is 9.35. The summed E-state index contributed by atoms with van der Waals surface area (Å²) in [5.74, 6) is -0.257. The first-order valence-corrected chi connectivity index (χ1v) is 6.29. The van der Waals surface area contributed by atoms with Crippen molar-refractivity contribution in [2.75, 3.05) is 11.1 Å². The van der Waals surface area contributed by atoms with Gasteiger partial charge in [0.25, 0.3) is 5.91 Å². The fourth-order valence-electron chi connectivity index (χ4n) is 1.79. The largest absolute Gasteiger partial charge is 0.398 e. The zero-order chi connectivity index (χ0) is 14.0. The smallest absolute Gasteiger partial charge is 0.257 e. The van der Waals surface area contributed by atoms with Crippen LogP contribution in [0.15, 0.2) is 36.4 Å². The number of benzene rings is 2. The van der Waals surface area contributed by atoms with E-state index in [0.717, 1.165) is 11.1 Å². The predicted octanol–water partition coefficient (Wildman–Crippen LogP) is 3.79. The monoisotopic (exact) mass is 274 g/mol. The van der Waals surface area contributed by atoms with Crippen molar-refractivity contribution in [3.8, 4) is 0 Å².